The normalized spacial score (nSPS) is 17.7. The van der Waals surface area contributed by atoms with E-state index < -0.39 is 6.10 Å². The van der Waals surface area contributed by atoms with E-state index in [-0.39, 0.29) is 11.9 Å². The van der Waals surface area contributed by atoms with E-state index in [9.17, 15) is 4.79 Å². The molecule has 126 valence electrons. The van der Waals surface area contributed by atoms with Crippen molar-refractivity contribution in [1.29, 1.82) is 0 Å². The molecule has 0 saturated carbocycles. The first-order chi connectivity index (χ1) is 11.7. The average Bonchev–Trinajstić information content (AvgIpc) is 2.61. The number of ether oxygens (including phenoxy) is 1. The SMILES string of the molecule is CC[C@H](Oc1ccccc1Cl)C(=O)N[C@@H]1CCCc2ccccc21. The average molecular weight is 344 g/mol. The lowest BCUT2D eigenvalue weighted by Gasteiger charge is -2.28. The summed E-state index contributed by atoms with van der Waals surface area (Å²) in [6.07, 6.45) is 3.18. The van der Waals surface area contributed by atoms with Crippen molar-refractivity contribution in [3.8, 4) is 5.75 Å². The first-order valence-corrected chi connectivity index (χ1v) is 8.86. The molecule has 2 aromatic rings. The third-order valence-electron chi connectivity index (χ3n) is 4.46. The molecule has 1 amide bonds. The fraction of sp³-hybridized carbons (Fsp3) is 0.350. The number of para-hydroxylation sites is 1. The molecule has 24 heavy (non-hydrogen) atoms. The number of nitrogens with one attached hydrogen (secondary N) is 1. The maximum absolute atomic E-state index is 12.7. The smallest absolute Gasteiger partial charge is 0.261 e. The van der Waals surface area contributed by atoms with E-state index in [0.717, 1.165) is 19.3 Å². The lowest BCUT2D eigenvalue weighted by molar-refractivity contribution is -0.129. The van der Waals surface area contributed by atoms with Crippen LogP contribution in [-0.4, -0.2) is 12.0 Å². The summed E-state index contributed by atoms with van der Waals surface area (Å²) in [6, 6.07) is 15.6. The first kappa shape index (κ1) is 16.8. The van der Waals surface area contributed by atoms with Gasteiger partial charge in [0.15, 0.2) is 6.10 Å². The molecule has 3 rings (SSSR count). The van der Waals surface area contributed by atoms with E-state index in [1.165, 1.54) is 11.1 Å². The molecular formula is C20H22ClNO2. The number of hydrogen-bond acceptors (Lipinski definition) is 2. The van der Waals surface area contributed by atoms with Crippen LogP contribution in [-0.2, 0) is 11.2 Å². The van der Waals surface area contributed by atoms with Gasteiger partial charge in [-0.1, -0.05) is 54.9 Å². The molecule has 0 heterocycles. The zero-order chi connectivity index (χ0) is 16.9. The summed E-state index contributed by atoms with van der Waals surface area (Å²) in [5, 5.41) is 3.68. The summed E-state index contributed by atoms with van der Waals surface area (Å²) < 4.78 is 5.84. The van der Waals surface area contributed by atoms with Crippen molar-refractivity contribution in [3.63, 3.8) is 0 Å². The standard InChI is InChI=1S/C20H22ClNO2/c1-2-18(24-19-13-6-5-11-16(19)21)20(23)22-17-12-7-9-14-8-3-4-10-15(14)17/h3-6,8,10-11,13,17-18H,2,7,9,12H2,1H3,(H,22,23)/t17-,18+/m1/s1. The van der Waals surface area contributed by atoms with Crippen molar-refractivity contribution in [2.45, 2.75) is 44.8 Å². The highest BCUT2D eigenvalue weighted by atomic mass is 35.5. The van der Waals surface area contributed by atoms with Gasteiger partial charge >= 0.3 is 0 Å². The molecule has 0 spiro atoms. The number of benzene rings is 2. The minimum Gasteiger partial charge on any atom is -0.479 e. The van der Waals surface area contributed by atoms with Gasteiger partial charge < -0.3 is 10.1 Å². The summed E-state index contributed by atoms with van der Waals surface area (Å²) in [5.74, 6) is 0.462. The Kier molecular flexibility index (Phi) is 5.41. The van der Waals surface area contributed by atoms with Gasteiger partial charge in [0.1, 0.15) is 5.75 Å². The van der Waals surface area contributed by atoms with Crippen molar-refractivity contribution < 1.29 is 9.53 Å². The van der Waals surface area contributed by atoms with Gasteiger partial charge in [0.2, 0.25) is 0 Å². The molecule has 0 radical (unpaired) electrons. The van der Waals surface area contributed by atoms with E-state index in [1.807, 2.05) is 25.1 Å². The maximum Gasteiger partial charge on any atom is 0.261 e. The molecule has 2 aromatic carbocycles. The van der Waals surface area contributed by atoms with E-state index in [0.29, 0.717) is 17.2 Å². The van der Waals surface area contributed by atoms with E-state index in [4.69, 9.17) is 16.3 Å². The molecule has 0 saturated heterocycles. The Balaban J connectivity index is 1.71. The van der Waals surface area contributed by atoms with Gasteiger partial charge in [0, 0.05) is 0 Å². The summed E-state index contributed by atoms with van der Waals surface area (Å²) in [4.78, 5) is 12.7. The van der Waals surface area contributed by atoms with Crippen LogP contribution in [0.15, 0.2) is 48.5 Å². The molecule has 4 heteroatoms. The molecule has 0 aliphatic heterocycles. The van der Waals surface area contributed by atoms with Crippen molar-refractivity contribution in [1.82, 2.24) is 5.32 Å². The minimum absolute atomic E-state index is 0.0614. The summed E-state index contributed by atoms with van der Waals surface area (Å²) in [6.45, 7) is 1.94. The van der Waals surface area contributed by atoms with E-state index >= 15 is 0 Å². The zero-order valence-corrected chi connectivity index (χ0v) is 14.6. The molecule has 3 nitrogen and oxygen atoms in total. The van der Waals surface area contributed by atoms with Gasteiger partial charge in [0.05, 0.1) is 11.1 Å². The number of halogens is 1. The second kappa shape index (κ2) is 7.71. The molecule has 1 aliphatic carbocycles. The third-order valence-corrected chi connectivity index (χ3v) is 4.77. The number of rotatable bonds is 5. The monoisotopic (exact) mass is 343 g/mol. The Bertz CT molecular complexity index is 716. The van der Waals surface area contributed by atoms with Crippen LogP contribution in [0.25, 0.3) is 0 Å². The number of hydrogen-bond donors (Lipinski definition) is 1. The lowest BCUT2D eigenvalue weighted by Crippen LogP contribution is -2.41. The van der Waals surface area contributed by atoms with E-state index in [1.54, 1.807) is 12.1 Å². The molecular weight excluding hydrogens is 322 g/mol. The zero-order valence-electron chi connectivity index (χ0n) is 13.8. The molecule has 0 aromatic heterocycles. The lowest BCUT2D eigenvalue weighted by atomic mass is 9.87. The Labute approximate surface area is 148 Å². The van der Waals surface area contributed by atoms with Crippen molar-refractivity contribution in [3.05, 3.63) is 64.7 Å². The van der Waals surface area contributed by atoms with Gasteiger partial charge in [-0.3, -0.25) is 4.79 Å². The van der Waals surface area contributed by atoms with Crippen LogP contribution in [0, 0.1) is 0 Å². The number of carbonyl (C=O) groups excluding carboxylic acids is 1. The molecule has 0 fully saturated rings. The summed E-state index contributed by atoms with van der Waals surface area (Å²) in [5.41, 5.74) is 2.55. The van der Waals surface area contributed by atoms with Crippen LogP contribution in [0.4, 0.5) is 0 Å². The number of aryl methyl sites for hydroxylation is 1. The summed E-state index contributed by atoms with van der Waals surface area (Å²) in [7, 11) is 0. The predicted molar refractivity (Wildman–Crippen MR) is 96.4 cm³/mol. The third kappa shape index (κ3) is 3.73. The largest absolute Gasteiger partial charge is 0.479 e. The molecule has 1 N–H and O–H groups in total. The first-order valence-electron chi connectivity index (χ1n) is 8.48. The Morgan fingerprint density at radius 2 is 2.00 bits per heavy atom. The van der Waals surface area contributed by atoms with Crippen molar-refractivity contribution in [2.24, 2.45) is 0 Å². The van der Waals surface area contributed by atoms with Crippen LogP contribution >= 0.6 is 11.6 Å². The van der Waals surface area contributed by atoms with Crippen molar-refractivity contribution >= 4 is 17.5 Å². The second-order valence-electron chi connectivity index (χ2n) is 6.10. The van der Waals surface area contributed by atoms with Crippen molar-refractivity contribution in [2.75, 3.05) is 0 Å². The van der Waals surface area contributed by atoms with Crippen LogP contribution in [0.3, 0.4) is 0 Å². The highest BCUT2D eigenvalue weighted by Crippen LogP contribution is 2.30. The molecule has 0 bridgehead atoms. The van der Waals surface area contributed by atoms with Gasteiger partial charge in [-0.25, -0.2) is 0 Å². The van der Waals surface area contributed by atoms with Crippen LogP contribution < -0.4 is 10.1 Å². The van der Waals surface area contributed by atoms with Gasteiger partial charge in [0.25, 0.3) is 5.91 Å². The molecule has 2 atom stereocenters. The second-order valence-corrected chi connectivity index (χ2v) is 6.50. The Hall–Kier alpha value is -2.00. The number of carbonyl (C=O) groups is 1. The Morgan fingerprint density at radius 3 is 2.79 bits per heavy atom. The van der Waals surface area contributed by atoms with Crippen LogP contribution in [0.5, 0.6) is 5.75 Å². The Morgan fingerprint density at radius 1 is 1.25 bits per heavy atom. The summed E-state index contributed by atoms with van der Waals surface area (Å²) >= 11 is 6.13. The van der Waals surface area contributed by atoms with Gasteiger partial charge in [-0.05, 0) is 48.9 Å². The van der Waals surface area contributed by atoms with Gasteiger partial charge in [-0.2, -0.15) is 0 Å². The van der Waals surface area contributed by atoms with E-state index in [2.05, 4.69) is 23.5 Å². The topological polar surface area (TPSA) is 38.3 Å². The highest BCUT2D eigenvalue weighted by Gasteiger charge is 2.26. The predicted octanol–water partition coefficient (Wildman–Crippen LogP) is 4.69. The quantitative estimate of drug-likeness (QED) is 0.855. The molecule has 1 aliphatic rings. The fourth-order valence-electron chi connectivity index (χ4n) is 3.18. The number of fused-ring (bicyclic) bond motifs is 1. The fourth-order valence-corrected chi connectivity index (χ4v) is 3.36. The van der Waals surface area contributed by atoms with Gasteiger partial charge in [-0.15, -0.1) is 0 Å². The van der Waals surface area contributed by atoms with Crippen LogP contribution in [0.2, 0.25) is 5.02 Å². The van der Waals surface area contributed by atoms with Crippen LogP contribution in [0.1, 0.15) is 43.4 Å². The maximum atomic E-state index is 12.7. The number of amides is 1. The highest BCUT2D eigenvalue weighted by molar-refractivity contribution is 6.32. The molecule has 0 unspecified atom stereocenters. The minimum atomic E-state index is -0.543.